The minimum absolute atomic E-state index is 0.0784. The molecular formula is C11H8FNO3S. The molecule has 17 heavy (non-hydrogen) atoms. The number of rotatable bonds is 3. The number of halogens is 1. The van der Waals surface area contributed by atoms with Gasteiger partial charge in [-0.05, 0) is 12.1 Å². The van der Waals surface area contributed by atoms with E-state index in [1.807, 2.05) is 0 Å². The Hall–Kier alpha value is -1.95. The van der Waals surface area contributed by atoms with E-state index >= 15 is 0 Å². The zero-order valence-electron chi connectivity index (χ0n) is 8.81. The summed E-state index contributed by atoms with van der Waals surface area (Å²) >= 11 is 0.948. The predicted molar refractivity (Wildman–Crippen MR) is 61.0 cm³/mol. The van der Waals surface area contributed by atoms with Crippen LogP contribution in [0.25, 0.3) is 11.3 Å². The lowest BCUT2D eigenvalue weighted by Gasteiger charge is -2.06. The second kappa shape index (κ2) is 4.50. The van der Waals surface area contributed by atoms with Gasteiger partial charge in [0.15, 0.2) is 0 Å². The van der Waals surface area contributed by atoms with Crippen LogP contribution in [0.5, 0.6) is 5.75 Å². The number of carbonyl (C=O) groups is 1. The van der Waals surface area contributed by atoms with Gasteiger partial charge in [-0.3, -0.25) is 0 Å². The molecule has 6 heteroatoms. The van der Waals surface area contributed by atoms with Crippen LogP contribution in [-0.4, -0.2) is 23.2 Å². The van der Waals surface area contributed by atoms with Gasteiger partial charge < -0.3 is 9.84 Å². The normalized spacial score (nSPS) is 10.2. The van der Waals surface area contributed by atoms with Crippen molar-refractivity contribution in [1.82, 2.24) is 4.98 Å². The summed E-state index contributed by atoms with van der Waals surface area (Å²) in [6, 6.07) is 4.39. The molecule has 0 aliphatic carbocycles. The number of aromatic carboxylic acids is 1. The number of aromatic nitrogens is 1. The predicted octanol–water partition coefficient (Wildman–Crippen LogP) is 2.66. The van der Waals surface area contributed by atoms with Gasteiger partial charge in [0, 0.05) is 5.38 Å². The number of hydrogen-bond donors (Lipinski definition) is 1. The summed E-state index contributed by atoms with van der Waals surface area (Å²) in [5, 5.41) is 10.2. The molecule has 0 bridgehead atoms. The minimum Gasteiger partial charge on any atom is -0.496 e. The van der Waals surface area contributed by atoms with Gasteiger partial charge in [-0.1, -0.05) is 6.07 Å². The fourth-order valence-electron chi connectivity index (χ4n) is 1.41. The third kappa shape index (κ3) is 2.12. The van der Waals surface area contributed by atoms with Crippen LogP contribution in [0.15, 0.2) is 23.6 Å². The first-order valence-corrected chi connectivity index (χ1v) is 5.53. The molecule has 0 unspecified atom stereocenters. The van der Waals surface area contributed by atoms with Crippen LogP contribution in [-0.2, 0) is 0 Å². The standard InChI is InChI=1S/C11H8FNO3S/c1-16-8-4-2-3-6(12)9(8)7-5-17-10(13-7)11(14)15/h2-5H,1H3,(H,14,15). The highest BCUT2D eigenvalue weighted by molar-refractivity contribution is 7.11. The molecule has 1 aromatic carbocycles. The van der Waals surface area contributed by atoms with E-state index < -0.39 is 11.8 Å². The van der Waals surface area contributed by atoms with E-state index in [4.69, 9.17) is 9.84 Å². The van der Waals surface area contributed by atoms with Crippen molar-refractivity contribution < 1.29 is 19.0 Å². The van der Waals surface area contributed by atoms with E-state index in [2.05, 4.69) is 4.98 Å². The summed E-state index contributed by atoms with van der Waals surface area (Å²) in [5.74, 6) is -1.30. The molecule has 1 heterocycles. The molecule has 1 N–H and O–H groups in total. The molecule has 2 rings (SSSR count). The van der Waals surface area contributed by atoms with Crippen LogP contribution in [0.4, 0.5) is 4.39 Å². The third-order valence-corrected chi connectivity index (χ3v) is 2.97. The smallest absolute Gasteiger partial charge is 0.365 e. The summed E-state index contributed by atoms with van der Waals surface area (Å²) in [5.41, 5.74) is 0.445. The summed E-state index contributed by atoms with van der Waals surface area (Å²) in [4.78, 5) is 14.6. The quantitative estimate of drug-likeness (QED) is 0.913. The van der Waals surface area contributed by atoms with E-state index in [1.165, 1.54) is 24.6 Å². The number of hydrogen-bond acceptors (Lipinski definition) is 4. The van der Waals surface area contributed by atoms with Crippen molar-refractivity contribution in [3.8, 4) is 17.0 Å². The lowest BCUT2D eigenvalue weighted by atomic mass is 10.1. The zero-order chi connectivity index (χ0) is 12.4. The SMILES string of the molecule is COc1cccc(F)c1-c1csc(C(=O)O)n1. The highest BCUT2D eigenvalue weighted by Gasteiger charge is 2.16. The number of nitrogens with zero attached hydrogens (tertiary/aromatic N) is 1. The van der Waals surface area contributed by atoms with E-state index in [9.17, 15) is 9.18 Å². The van der Waals surface area contributed by atoms with E-state index in [0.717, 1.165) is 11.3 Å². The minimum atomic E-state index is -1.13. The van der Waals surface area contributed by atoms with Gasteiger partial charge in [0.05, 0.1) is 18.4 Å². The van der Waals surface area contributed by atoms with Crippen molar-refractivity contribution in [3.63, 3.8) is 0 Å². The molecule has 0 fully saturated rings. The van der Waals surface area contributed by atoms with Gasteiger partial charge in [0.2, 0.25) is 5.01 Å². The average molecular weight is 253 g/mol. The van der Waals surface area contributed by atoms with Gasteiger partial charge in [-0.25, -0.2) is 14.2 Å². The first-order chi connectivity index (χ1) is 8.13. The second-order valence-corrected chi connectivity index (χ2v) is 4.02. The van der Waals surface area contributed by atoms with Gasteiger partial charge in [0.1, 0.15) is 11.6 Å². The molecule has 2 aromatic rings. The Morgan fingerprint density at radius 1 is 1.53 bits per heavy atom. The van der Waals surface area contributed by atoms with Gasteiger partial charge in [0.25, 0.3) is 0 Å². The summed E-state index contributed by atoms with van der Waals surface area (Å²) < 4.78 is 18.7. The highest BCUT2D eigenvalue weighted by Crippen LogP contribution is 2.32. The van der Waals surface area contributed by atoms with Crippen LogP contribution in [0.2, 0.25) is 0 Å². The Morgan fingerprint density at radius 3 is 2.88 bits per heavy atom. The Labute approximate surface area is 100 Å². The molecule has 88 valence electrons. The first-order valence-electron chi connectivity index (χ1n) is 4.65. The Balaban J connectivity index is 2.55. The highest BCUT2D eigenvalue weighted by atomic mass is 32.1. The molecule has 0 atom stereocenters. The van der Waals surface area contributed by atoms with Crippen LogP contribution in [0.3, 0.4) is 0 Å². The molecule has 4 nitrogen and oxygen atoms in total. The molecular weight excluding hydrogens is 245 g/mol. The molecule has 0 radical (unpaired) electrons. The van der Waals surface area contributed by atoms with E-state index in [1.54, 1.807) is 6.07 Å². The fraction of sp³-hybridized carbons (Fsp3) is 0.0909. The number of methoxy groups -OCH3 is 1. The molecule has 0 spiro atoms. The zero-order valence-corrected chi connectivity index (χ0v) is 9.62. The number of carboxylic acid groups (broad SMARTS) is 1. The molecule has 1 aromatic heterocycles. The molecule has 0 amide bonds. The molecule has 0 saturated heterocycles. The Bertz CT molecular complexity index is 568. The lowest BCUT2D eigenvalue weighted by molar-refractivity contribution is 0.0696. The van der Waals surface area contributed by atoms with Gasteiger partial charge in [-0.15, -0.1) is 11.3 Å². The van der Waals surface area contributed by atoms with Crippen LogP contribution >= 0.6 is 11.3 Å². The lowest BCUT2D eigenvalue weighted by Crippen LogP contribution is -1.96. The van der Waals surface area contributed by atoms with Gasteiger partial charge in [-0.2, -0.15) is 0 Å². The Kier molecular flexibility index (Phi) is 3.06. The van der Waals surface area contributed by atoms with Gasteiger partial charge >= 0.3 is 5.97 Å². The van der Waals surface area contributed by atoms with Crippen molar-refractivity contribution >= 4 is 17.3 Å². The summed E-state index contributed by atoms with van der Waals surface area (Å²) in [7, 11) is 1.42. The molecule has 0 saturated carbocycles. The number of carboxylic acids is 1. The van der Waals surface area contributed by atoms with Crippen molar-refractivity contribution in [2.24, 2.45) is 0 Å². The number of ether oxygens (including phenoxy) is 1. The maximum Gasteiger partial charge on any atom is 0.365 e. The summed E-state index contributed by atoms with van der Waals surface area (Å²) in [6.45, 7) is 0. The molecule has 0 aliphatic rings. The van der Waals surface area contributed by atoms with Crippen molar-refractivity contribution in [3.05, 3.63) is 34.4 Å². The maximum absolute atomic E-state index is 13.7. The largest absolute Gasteiger partial charge is 0.496 e. The number of benzene rings is 1. The third-order valence-electron chi connectivity index (χ3n) is 2.14. The van der Waals surface area contributed by atoms with E-state index in [0.29, 0.717) is 5.75 Å². The second-order valence-electron chi connectivity index (χ2n) is 3.16. The average Bonchev–Trinajstić information content (AvgIpc) is 2.77. The van der Waals surface area contributed by atoms with Crippen LogP contribution < -0.4 is 4.74 Å². The maximum atomic E-state index is 13.7. The van der Waals surface area contributed by atoms with Crippen molar-refractivity contribution in [2.75, 3.05) is 7.11 Å². The Morgan fingerprint density at radius 2 is 2.29 bits per heavy atom. The van der Waals surface area contributed by atoms with Crippen molar-refractivity contribution in [1.29, 1.82) is 0 Å². The van der Waals surface area contributed by atoms with E-state index in [-0.39, 0.29) is 16.3 Å². The topological polar surface area (TPSA) is 59.4 Å². The van der Waals surface area contributed by atoms with Crippen molar-refractivity contribution in [2.45, 2.75) is 0 Å². The van der Waals surface area contributed by atoms with Crippen LogP contribution in [0.1, 0.15) is 9.80 Å². The summed E-state index contributed by atoms with van der Waals surface area (Å²) in [6.07, 6.45) is 0. The monoisotopic (exact) mass is 253 g/mol. The fourth-order valence-corrected chi connectivity index (χ4v) is 2.06. The first kappa shape index (κ1) is 11.5. The number of thiazole rings is 1. The molecule has 0 aliphatic heterocycles. The van der Waals surface area contributed by atoms with Crippen LogP contribution in [0, 0.1) is 5.82 Å².